The lowest BCUT2D eigenvalue weighted by Crippen LogP contribution is -2.07. The number of carboxylic acids is 1. The number of fused-ring (bicyclic) bond motifs is 1. The third-order valence-electron chi connectivity index (χ3n) is 6.18. The van der Waals surface area contributed by atoms with Gasteiger partial charge < -0.3 is 29.4 Å². The van der Waals surface area contributed by atoms with Gasteiger partial charge in [0, 0.05) is 31.8 Å². The Kier molecular flexibility index (Phi) is 14.0. The molecule has 1 aliphatic rings. The van der Waals surface area contributed by atoms with Crippen LogP contribution in [0.4, 0.5) is 0 Å². The van der Waals surface area contributed by atoms with Crippen molar-refractivity contribution in [1.82, 2.24) is 5.32 Å². The predicted octanol–water partition coefficient (Wildman–Crippen LogP) is 6.78. The summed E-state index contributed by atoms with van der Waals surface area (Å²) in [5, 5.41) is 11.8. The molecule has 218 valence electrons. The second kappa shape index (κ2) is 17.2. The van der Waals surface area contributed by atoms with Gasteiger partial charge in [0.25, 0.3) is 0 Å². The van der Waals surface area contributed by atoms with E-state index in [1.165, 1.54) is 16.7 Å². The Morgan fingerprint density at radius 3 is 2.30 bits per heavy atom. The number of hydrogen-bond donors (Lipinski definition) is 2. The molecule has 1 aliphatic heterocycles. The average molecular weight is 552 g/mol. The molecule has 4 rings (SSSR count). The van der Waals surface area contributed by atoms with Crippen LogP contribution >= 0.6 is 0 Å². The molecule has 7 heteroatoms. The predicted molar refractivity (Wildman–Crippen MR) is 161 cm³/mol. The molecule has 0 bridgehead atoms. The fraction of sp³-hybridized carbons (Fsp3) is 0.424. The number of unbranched alkanes of at least 4 members (excludes halogenated alkanes) is 1. The van der Waals surface area contributed by atoms with E-state index >= 15 is 0 Å². The zero-order chi connectivity index (χ0) is 29.5. The van der Waals surface area contributed by atoms with E-state index in [-0.39, 0.29) is 12.3 Å². The summed E-state index contributed by atoms with van der Waals surface area (Å²) in [4.78, 5) is 11.0. The van der Waals surface area contributed by atoms with Crippen LogP contribution in [0.1, 0.15) is 54.4 Å². The number of carbonyl (C=O) groups is 1. The minimum absolute atomic E-state index is 0.0741. The van der Waals surface area contributed by atoms with E-state index in [2.05, 4.69) is 67.2 Å². The van der Waals surface area contributed by atoms with Gasteiger partial charge in [-0.1, -0.05) is 37.6 Å². The average Bonchev–Trinajstić information content (AvgIpc) is 3.30. The molecular weight excluding hydrogens is 506 g/mol. The van der Waals surface area contributed by atoms with E-state index in [1.807, 2.05) is 32.3 Å². The van der Waals surface area contributed by atoms with Crippen molar-refractivity contribution in [2.75, 3.05) is 41.5 Å². The van der Waals surface area contributed by atoms with Gasteiger partial charge in [-0.15, -0.1) is 0 Å². The van der Waals surface area contributed by atoms with Crippen molar-refractivity contribution in [2.24, 2.45) is 0 Å². The van der Waals surface area contributed by atoms with Crippen LogP contribution in [0.15, 0.2) is 54.6 Å². The molecule has 0 saturated carbocycles. The fourth-order valence-corrected chi connectivity index (χ4v) is 4.51. The Balaban J connectivity index is 0.000000858. The van der Waals surface area contributed by atoms with Crippen molar-refractivity contribution in [2.45, 2.75) is 52.6 Å². The number of aryl methyl sites for hydroxylation is 2. The summed E-state index contributed by atoms with van der Waals surface area (Å²) >= 11 is 0. The van der Waals surface area contributed by atoms with Crippen LogP contribution < -0.4 is 19.5 Å². The number of ether oxygens (including phenoxy) is 4. The summed E-state index contributed by atoms with van der Waals surface area (Å²) in [5.41, 5.74) is 6.77. The summed E-state index contributed by atoms with van der Waals surface area (Å²) in [6.45, 7) is 7.99. The molecule has 0 aromatic heterocycles. The molecule has 2 N–H and O–H groups in total. The van der Waals surface area contributed by atoms with E-state index in [9.17, 15) is 4.79 Å². The molecule has 0 saturated heterocycles. The minimum atomic E-state index is -0.814. The highest BCUT2D eigenvalue weighted by Crippen LogP contribution is 2.38. The van der Waals surface area contributed by atoms with Gasteiger partial charge in [0.2, 0.25) is 0 Å². The van der Waals surface area contributed by atoms with Crippen LogP contribution in [0.3, 0.4) is 0 Å². The monoisotopic (exact) mass is 551 g/mol. The maximum atomic E-state index is 11.0. The molecule has 0 radical (unpaired) electrons. The molecule has 0 amide bonds. The Hall–Kier alpha value is -3.55. The smallest absolute Gasteiger partial charge is 0.304 e. The number of carboxylic acid groups (broad SMARTS) is 1. The van der Waals surface area contributed by atoms with Gasteiger partial charge >= 0.3 is 5.97 Å². The van der Waals surface area contributed by atoms with Crippen LogP contribution in [-0.2, 0) is 16.1 Å². The van der Waals surface area contributed by atoms with E-state index in [4.69, 9.17) is 19.3 Å². The zero-order valence-corrected chi connectivity index (χ0v) is 25.0. The van der Waals surface area contributed by atoms with Crippen molar-refractivity contribution in [3.63, 3.8) is 0 Å². The molecule has 3 aromatic carbocycles. The van der Waals surface area contributed by atoms with Crippen LogP contribution in [0.2, 0.25) is 0 Å². The highest BCUT2D eigenvalue weighted by atomic mass is 16.5. The van der Waals surface area contributed by atoms with Crippen LogP contribution in [-0.4, -0.2) is 52.6 Å². The molecule has 0 aliphatic carbocycles. The quantitative estimate of drug-likeness (QED) is 0.269. The fourth-order valence-electron chi connectivity index (χ4n) is 4.51. The van der Waals surface area contributed by atoms with Gasteiger partial charge in [-0.25, -0.2) is 0 Å². The van der Waals surface area contributed by atoms with Crippen molar-refractivity contribution >= 4 is 5.97 Å². The molecule has 0 spiro atoms. The first-order chi connectivity index (χ1) is 19.3. The molecule has 1 unspecified atom stereocenters. The van der Waals surface area contributed by atoms with Gasteiger partial charge in [-0.05, 0) is 86.4 Å². The first kappa shape index (κ1) is 32.7. The largest absolute Gasteiger partial charge is 0.494 e. The Bertz CT molecular complexity index is 1180. The zero-order valence-electron chi connectivity index (χ0n) is 25.0. The Morgan fingerprint density at radius 2 is 1.68 bits per heavy atom. The second-order valence-corrected chi connectivity index (χ2v) is 9.84. The van der Waals surface area contributed by atoms with Crippen molar-refractivity contribution < 1.29 is 28.8 Å². The Labute approximate surface area is 239 Å². The molecular formula is C33H45NO6. The van der Waals surface area contributed by atoms with Gasteiger partial charge in [0.05, 0.1) is 19.6 Å². The van der Waals surface area contributed by atoms with E-state index in [1.54, 1.807) is 14.2 Å². The maximum Gasteiger partial charge on any atom is 0.304 e. The van der Waals surface area contributed by atoms with Gasteiger partial charge in [0.1, 0.15) is 23.9 Å². The van der Waals surface area contributed by atoms with E-state index in [0.717, 1.165) is 41.9 Å². The normalized spacial score (nSPS) is 13.1. The molecule has 7 nitrogen and oxygen atoms in total. The summed E-state index contributed by atoms with van der Waals surface area (Å²) in [7, 11) is 7.00. The molecule has 40 heavy (non-hydrogen) atoms. The SMILES string of the molecule is CCCCOc1cc(C)c(-c2cccc(COc3ccc4c(c3)OCC4CC(=O)O)c2)c(C)c1.CNC.COC. The van der Waals surface area contributed by atoms with Gasteiger partial charge in [0.15, 0.2) is 0 Å². The number of nitrogens with one attached hydrogen (secondary N) is 1. The van der Waals surface area contributed by atoms with E-state index < -0.39 is 5.97 Å². The lowest BCUT2D eigenvalue weighted by molar-refractivity contribution is -0.137. The van der Waals surface area contributed by atoms with Crippen LogP contribution in [0.25, 0.3) is 11.1 Å². The number of benzene rings is 3. The van der Waals surface area contributed by atoms with Crippen molar-refractivity contribution in [3.05, 3.63) is 76.9 Å². The number of methoxy groups -OCH3 is 1. The lowest BCUT2D eigenvalue weighted by atomic mass is 9.94. The number of rotatable bonds is 10. The molecule has 0 fully saturated rings. The van der Waals surface area contributed by atoms with E-state index in [0.29, 0.717) is 24.7 Å². The topological polar surface area (TPSA) is 86.3 Å². The standard InChI is InChI=1S/C29H32O5.C2H7N.C2H6O/c1-4-5-11-32-25-12-19(2)29(20(3)13-25)22-8-6-7-21(14-22)17-33-24-9-10-26-23(15-28(30)31)18-34-27(26)16-24;2*1-3-2/h6-10,12-14,16,23H,4-5,11,15,17-18H2,1-3H3,(H,30,31);3H,1-2H3;1-2H3. The Morgan fingerprint density at radius 1 is 1.00 bits per heavy atom. The summed E-state index contributed by atoms with van der Waals surface area (Å²) in [5.74, 6) is 1.43. The molecule has 1 heterocycles. The minimum Gasteiger partial charge on any atom is -0.494 e. The van der Waals surface area contributed by atoms with Crippen LogP contribution in [0, 0.1) is 13.8 Å². The summed E-state index contributed by atoms with van der Waals surface area (Å²) in [6, 6.07) is 18.3. The highest BCUT2D eigenvalue weighted by molar-refractivity contribution is 5.72. The molecule has 1 atom stereocenters. The first-order valence-corrected chi connectivity index (χ1v) is 13.7. The van der Waals surface area contributed by atoms with Gasteiger partial charge in [-0.2, -0.15) is 0 Å². The highest BCUT2D eigenvalue weighted by Gasteiger charge is 2.26. The third kappa shape index (κ3) is 9.88. The second-order valence-electron chi connectivity index (χ2n) is 9.84. The van der Waals surface area contributed by atoms with Crippen molar-refractivity contribution in [1.29, 1.82) is 0 Å². The van der Waals surface area contributed by atoms with Crippen LogP contribution in [0.5, 0.6) is 17.2 Å². The number of aliphatic carboxylic acids is 1. The molecule has 3 aromatic rings. The number of hydrogen-bond acceptors (Lipinski definition) is 6. The van der Waals surface area contributed by atoms with Crippen molar-refractivity contribution in [3.8, 4) is 28.4 Å². The lowest BCUT2D eigenvalue weighted by Gasteiger charge is -2.15. The first-order valence-electron chi connectivity index (χ1n) is 13.7. The van der Waals surface area contributed by atoms with Gasteiger partial charge in [-0.3, -0.25) is 4.79 Å². The third-order valence-corrected chi connectivity index (χ3v) is 6.18. The summed E-state index contributed by atoms with van der Waals surface area (Å²) < 4.78 is 21.9. The summed E-state index contributed by atoms with van der Waals surface area (Å²) in [6.07, 6.45) is 2.25. The maximum absolute atomic E-state index is 11.0.